The molecule has 0 radical (unpaired) electrons. The van der Waals surface area contributed by atoms with Gasteiger partial charge in [0.2, 0.25) is 17.8 Å². The minimum absolute atomic E-state index is 0.0213. The summed E-state index contributed by atoms with van der Waals surface area (Å²) in [6.07, 6.45) is -4.31. The first-order chi connectivity index (χ1) is 8.73. The van der Waals surface area contributed by atoms with Gasteiger partial charge in [0.15, 0.2) is 0 Å². The summed E-state index contributed by atoms with van der Waals surface area (Å²) >= 11 is 0. The number of nitrogens with zero attached hydrogens (tertiary/aromatic N) is 5. The van der Waals surface area contributed by atoms with Gasteiger partial charge in [-0.2, -0.15) is 28.1 Å². The van der Waals surface area contributed by atoms with Gasteiger partial charge in [-0.1, -0.05) is 0 Å². The first kappa shape index (κ1) is 15.3. The molecule has 0 unspecified atom stereocenters. The number of hydrogen-bond acceptors (Lipinski definition) is 6. The molecule has 0 aliphatic rings. The number of nitrogens with one attached hydrogen (secondary N) is 1. The van der Waals surface area contributed by atoms with Crippen molar-refractivity contribution in [3.8, 4) is 0 Å². The second-order valence-corrected chi connectivity index (χ2v) is 4.16. The van der Waals surface area contributed by atoms with E-state index in [9.17, 15) is 13.2 Å². The van der Waals surface area contributed by atoms with Crippen LogP contribution in [0, 0.1) is 0 Å². The monoisotopic (exact) mass is 278 g/mol. The van der Waals surface area contributed by atoms with Gasteiger partial charge < -0.3 is 15.1 Å². The van der Waals surface area contributed by atoms with Crippen molar-refractivity contribution in [2.45, 2.75) is 13.1 Å². The maximum Gasteiger partial charge on any atom is 0.406 e. The standard InChI is InChI=1S/C10H17F3N6/c1-5-14-7-15-8(18(2)3)17-9(16-7)19(4)6-10(11,12)13/h5-6H2,1-4H3,(H,14,15,16,17). The molecule has 0 spiro atoms. The molecule has 0 saturated carbocycles. The summed E-state index contributed by atoms with van der Waals surface area (Å²) in [6, 6.07) is 0. The largest absolute Gasteiger partial charge is 0.406 e. The maximum absolute atomic E-state index is 12.4. The fourth-order valence-corrected chi connectivity index (χ4v) is 1.30. The highest BCUT2D eigenvalue weighted by Crippen LogP contribution is 2.20. The fourth-order valence-electron chi connectivity index (χ4n) is 1.30. The first-order valence-corrected chi connectivity index (χ1v) is 5.68. The fraction of sp³-hybridized carbons (Fsp3) is 0.700. The highest BCUT2D eigenvalue weighted by atomic mass is 19.4. The van der Waals surface area contributed by atoms with E-state index in [1.165, 1.54) is 7.05 Å². The van der Waals surface area contributed by atoms with Crippen molar-refractivity contribution in [3.63, 3.8) is 0 Å². The van der Waals surface area contributed by atoms with Crippen LogP contribution in [0.1, 0.15) is 6.92 Å². The lowest BCUT2D eigenvalue weighted by atomic mass is 10.5. The van der Waals surface area contributed by atoms with Crippen LogP contribution in [0.25, 0.3) is 0 Å². The van der Waals surface area contributed by atoms with Crippen molar-refractivity contribution in [1.29, 1.82) is 0 Å². The lowest BCUT2D eigenvalue weighted by Gasteiger charge is -2.21. The van der Waals surface area contributed by atoms with Gasteiger partial charge in [-0.05, 0) is 6.92 Å². The third-order valence-corrected chi connectivity index (χ3v) is 2.10. The third-order valence-electron chi connectivity index (χ3n) is 2.10. The summed E-state index contributed by atoms with van der Waals surface area (Å²) in [5, 5.41) is 2.86. The molecule has 1 N–H and O–H groups in total. The molecule has 19 heavy (non-hydrogen) atoms. The topological polar surface area (TPSA) is 57.2 Å². The second-order valence-electron chi connectivity index (χ2n) is 4.16. The number of alkyl halides is 3. The molecule has 6 nitrogen and oxygen atoms in total. The zero-order valence-electron chi connectivity index (χ0n) is 11.3. The average molecular weight is 278 g/mol. The Balaban J connectivity index is 3.04. The SMILES string of the molecule is CCNc1nc(N(C)C)nc(N(C)CC(F)(F)F)n1. The van der Waals surface area contributed by atoms with Crippen LogP contribution in [0.2, 0.25) is 0 Å². The Labute approximate surface area is 109 Å². The predicted octanol–water partition coefficient (Wildman–Crippen LogP) is 1.37. The lowest BCUT2D eigenvalue weighted by molar-refractivity contribution is -0.119. The van der Waals surface area contributed by atoms with Crippen molar-refractivity contribution < 1.29 is 13.2 Å². The van der Waals surface area contributed by atoms with E-state index in [1.54, 1.807) is 19.0 Å². The Morgan fingerprint density at radius 1 is 1.05 bits per heavy atom. The summed E-state index contributed by atoms with van der Waals surface area (Å²) < 4.78 is 37.1. The molecule has 1 aromatic heterocycles. The molecule has 0 aliphatic carbocycles. The molecule has 0 saturated heterocycles. The van der Waals surface area contributed by atoms with Crippen LogP contribution in [-0.2, 0) is 0 Å². The van der Waals surface area contributed by atoms with Crippen LogP contribution in [0.5, 0.6) is 0 Å². The van der Waals surface area contributed by atoms with E-state index in [0.29, 0.717) is 12.5 Å². The zero-order valence-corrected chi connectivity index (χ0v) is 11.3. The number of hydrogen-bond donors (Lipinski definition) is 1. The third kappa shape index (κ3) is 4.76. The first-order valence-electron chi connectivity index (χ1n) is 5.68. The smallest absolute Gasteiger partial charge is 0.354 e. The van der Waals surface area contributed by atoms with Crippen molar-refractivity contribution in [1.82, 2.24) is 15.0 Å². The number of aromatic nitrogens is 3. The second kappa shape index (κ2) is 5.89. The Hall–Kier alpha value is -1.80. The van der Waals surface area contributed by atoms with E-state index in [1.807, 2.05) is 6.92 Å². The van der Waals surface area contributed by atoms with Crippen LogP contribution in [0.3, 0.4) is 0 Å². The molecule has 9 heteroatoms. The quantitative estimate of drug-likeness (QED) is 0.878. The molecule has 0 amide bonds. The van der Waals surface area contributed by atoms with Gasteiger partial charge in [-0.25, -0.2) is 0 Å². The maximum atomic E-state index is 12.4. The minimum atomic E-state index is -4.31. The van der Waals surface area contributed by atoms with Crippen molar-refractivity contribution >= 4 is 17.8 Å². The molecule has 108 valence electrons. The summed E-state index contributed by atoms with van der Waals surface area (Å²) in [6.45, 7) is 1.30. The number of anilines is 3. The van der Waals surface area contributed by atoms with Crippen LogP contribution in [0.4, 0.5) is 31.0 Å². The molecule has 1 aromatic rings. The Morgan fingerprint density at radius 2 is 1.63 bits per heavy atom. The normalized spacial score (nSPS) is 11.3. The number of rotatable bonds is 5. The van der Waals surface area contributed by atoms with E-state index < -0.39 is 12.7 Å². The van der Waals surface area contributed by atoms with Crippen molar-refractivity contribution in [2.24, 2.45) is 0 Å². The average Bonchev–Trinajstić information content (AvgIpc) is 2.26. The molecular weight excluding hydrogens is 261 g/mol. The molecule has 0 atom stereocenters. The van der Waals surface area contributed by atoms with E-state index in [2.05, 4.69) is 20.3 Å². The van der Waals surface area contributed by atoms with Crippen LogP contribution < -0.4 is 15.1 Å². The van der Waals surface area contributed by atoms with E-state index in [4.69, 9.17) is 0 Å². The van der Waals surface area contributed by atoms with Crippen LogP contribution in [-0.4, -0.2) is 55.4 Å². The summed E-state index contributed by atoms with van der Waals surface area (Å²) in [5.41, 5.74) is 0. The molecule has 1 heterocycles. The van der Waals surface area contributed by atoms with Gasteiger partial charge in [0.25, 0.3) is 0 Å². The number of halogens is 3. The molecular formula is C10H17F3N6. The van der Waals surface area contributed by atoms with Gasteiger partial charge >= 0.3 is 6.18 Å². The van der Waals surface area contributed by atoms with Gasteiger partial charge in [-0.15, -0.1) is 0 Å². The Bertz CT molecular complexity index is 420. The van der Waals surface area contributed by atoms with Gasteiger partial charge in [0.05, 0.1) is 0 Å². The summed E-state index contributed by atoms with van der Waals surface area (Å²) in [5.74, 6) is 0.534. The van der Waals surface area contributed by atoms with Crippen LogP contribution >= 0.6 is 0 Å². The predicted molar refractivity (Wildman–Crippen MR) is 67.6 cm³/mol. The molecule has 0 bridgehead atoms. The lowest BCUT2D eigenvalue weighted by Crippen LogP contribution is -2.32. The highest BCUT2D eigenvalue weighted by Gasteiger charge is 2.30. The molecule has 1 rings (SSSR count). The molecule has 0 aliphatic heterocycles. The summed E-state index contributed by atoms with van der Waals surface area (Å²) in [7, 11) is 4.70. The zero-order chi connectivity index (χ0) is 14.6. The van der Waals surface area contributed by atoms with Gasteiger partial charge in [0.1, 0.15) is 6.54 Å². The Morgan fingerprint density at radius 3 is 2.11 bits per heavy atom. The van der Waals surface area contributed by atoms with Crippen molar-refractivity contribution in [2.75, 3.05) is 49.3 Å². The van der Waals surface area contributed by atoms with E-state index >= 15 is 0 Å². The molecule has 0 aromatic carbocycles. The van der Waals surface area contributed by atoms with E-state index in [0.717, 1.165) is 4.90 Å². The van der Waals surface area contributed by atoms with Crippen LogP contribution in [0.15, 0.2) is 0 Å². The minimum Gasteiger partial charge on any atom is -0.354 e. The molecule has 0 fully saturated rings. The highest BCUT2D eigenvalue weighted by molar-refractivity contribution is 5.44. The van der Waals surface area contributed by atoms with Gasteiger partial charge in [0, 0.05) is 27.7 Å². The van der Waals surface area contributed by atoms with Gasteiger partial charge in [-0.3, -0.25) is 0 Å². The summed E-state index contributed by atoms with van der Waals surface area (Å²) in [4.78, 5) is 14.6. The Kier molecular flexibility index (Phi) is 4.73. The van der Waals surface area contributed by atoms with Crippen molar-refractivity contribution in [3.05, 3.63) is 0 Å². The van der Waals surface area contributed by atoms with E-state index in [-0.39, 0.29) is 11.9 Å².